The molecule has 0 atom stereocenters. The second-order valence-electron chi connectivity index (χ2n) is 6.08. The molecule has 1 heterocycles. The normalized spacial score (nSPS) is 11.5. The highest BCUT2D eigenvalue weighted by molar-refractivity contribution is 6.11. The molecule has 0 unspecified atom stereocenters. The highest BCUT2D eigenvalue weighted by atomic mass is 16.1. The summed E-state index contributed by atoms with van der Waals surface area (Å²) >= 11 is 0. The molecule has 2 aromatic carbocycles. The molecule has 0 N–H and O–H groups in total. The second-order valence-corrected chi connectivity index (χ2v) is 6.08. The second kappa shape index (κ2) is 8.54. The van der Waals surface area contributed by atoms with Gasteiger partial charge in [0.2, 0.25) is 5.78 Å². The highest BCUT2D eigenvalue weighted by Gasteiger charge is 2.11. The predicted molar refractivity (Wildman–Crippen MR) is 104 cm³/mol. The molecule has 3 aromatic rings. The van der Waals surface area contributed by atoms with Crippen LogP contribution in [0.5, 0.6) is 0 Å². The molecule has 0 amide bonds. The Morgan fingerprint density at radius 1 is 1.19 bits per heavy atom. The number of allylic oxidation sites excluding steroid dienone is 3. The third-order valence-electron chi connectivity index (χ3n) is 3.92. The summed E-state index contributed by atoms with van der Waals surface area (Å²) in [5.74, 6) is -0.293. The fourth-order valence-corrected chi connectivity index (χ4v) is 2.59. The number of rotatable bonds is 6. The van der Waals surface area contributed by atoms with E-state index in [0.717, 1.165) is 11.1 Å². The van der Waals surface area contributed by atoms with E-state index < -0.39 is 0 Å². The fourth-order valence-electron chi connectivity index (χ4n) is 2.59. The van der Waals surface area contributed by atoms with Crippen LogP contribution in [-0.2, 0) is 6.54 Å². The van der Waals surface area contributed by atoms with Crippen LogP contribution in [0.1, 0.15) is 27.2 Å². The van der Waals surface area contributed by atoms with Crippen LogP contribution in [0.25, 0.3) is 6.08 Å². The summed E-state index contributed by atoms with van der Waals surface area (Å²) in [5.41, 5.74) is 3.35. The van der Waals surface area contributed by atoms with Crippen molar-refractivity contribution < 1.29 is 4.79 Å². The first-order valence-corrected chi connectivity index (χ1v) is 8.49. The quantitative estimate of drug-likeness (QED) is 0.290. The molecular weight excluding hydrogens is 336 g/mol. The molecule has 0 aliphatic carbocycles. The third kappa shape index (κ3) is 4.86. The number of ketones is 1. The zero-order valence-corrected chi connectivity index (χ0v) is 14.9. The molecule has 132 valence electrons. The highest BCUT2D eigenvalue weighted by Crippen LogP contribution is 2.11. The molecule has 0 bridgehead atoms. The van der Waals surface area contributed by atoms with Gasteiger partial charge in [-0.15, -0.1) is 5.10 Å². The Bertz CT molecular complexity index is 1040. The van der Waals surface area contributed by atoms with Gasteiger partial charge in [0, 0.05) is 5.56 Å². The van der Waals surface area contributed by atoms with Gasteiger partial charge in [-0.2, -0.15) is 5.26 Å². The summed E-state index contributed by atoms with van der Waals surface area (Å²) in [6, 6.07) is 19.1. The minimum Gasteiger partial charge on any atom is -0.288 e. The summed E-state index contributed by atoms with van der Waals surface area (Å²) in [4.78, 5) is 12.4. The van der Waals surface area contributed by atoms with Crippen molar-refractivity contribution in [2.75, 3.05) is 0 Å². The number of aryl methyl sites for hydroxylation is 1. The van der Waals surface area contributed by atoms with Crippen LogP contribution in [0.3, 0.4) is 0 Å². The Hall–Kier alpha value is -3.78. The van der Waals surface area contributed by atoms with E-state index >= 15 is 0 Å². The van der Waals surface area contributed by atoms with Crippen molar-refractivity contribution >= 4 is 11.9 Å². The summed E-state index contributed by atoms with van der Waals surface area (Å²) in [7, 11) is 0. The van der Waals surface area contributed by atoms with Crippen LogP contribution in [0, 0.1) is 18.3 Å². The maximum absolute atomic E-state index is 12.4. The molecule has 5 heteroatoms. The van der Waals surface area contributed by atoms with Gasteiger partial charge in [-0.1, -0.05) is 65.4 Å². The molecular formula is C22H18N4O. The molecule has 0 saturated heterocycles. The molecule has 27 heavy (non-hydrogen) atoms. The number of hydrogen-bond acceptors (Lipinski definition) is 4. The van der Waals surface area contributed by atoms with Gasteiger partial charge >= 0.3 is 0 Å². The van der Waals surface area contributed by atoms with Crippen LogP contribution in [0.4, 0.5) is 0 Å². The van der Waals surface area contributed by atoms with E-state index in [1.807, 2.05) is 55.6 Å². The van der Waals surface area contributed by atoms with E-state index in [1.165, 1.54) is 6.08 Å². The van der Waals surface area contributed by atoms with Crippen LogP contribution in [0.2, 0.25) is 0 Å². The van der Waals surface area contributed by atoms with Gasteiger partial charge in [-0.05, 0) is 30.7 Å². The lowest BCUT2D eigenvalue weighted by molar-refractivity contribution is 0.103. The Balaban J connectivity index is 1.69. The molecule has 3 rings (SSSR count). The maximum atomic E-state index is 12.4. The molecule has 0 saturated carbocycles. The number of nitrogens with zero attached hydrogens (tertiary/aromatic N) is 4. The summed E-state index contributed by atoms with van der Waals surface area (Å²) < 4.78 is 1.74. The molecule has 0 fully saturated rings. The smallest absolute Gasteiger partial charge is 0.203 e. The monoisotopic (exact) mass is 354 g/mol. The number of carbonyl (C=O) groups is 1. The predicted octanol–water partition coefficient (Wildman–Crippen LogP) is 3.98. The molecule has 0 spiro atoms. The average Bonchev–Trinajstić information content (AvgIpc) is 3.13. The van der Waals surface area contributed by atoms with Crippen LogP contribution in [0.15, 0.2) is 78.5 Å². The maximum Gasteiger partial charge on any atom is 0.203 e. The van der Waals surface area contributed by atoms with Crippen molar-refractivity contribution in [1.29, 1.82) is 5.26 Å². The van der Waals surface area contributed by atoms with Crippen molar-refractivity contribution in [3.63, 3.8) is 0 Å². The lowest BCUT2D eigenvalue weighted by Crippen LogP contribution is -2.01. The number of nitriles is 1. The van der Waals surface area contributed by atoms with Crippen molar-refractivity contribution in [3.8, 4) is 6.07 Å². The van der Waals surface area contributed by atoms with E-state index in [4.69, 9.17) is 0 Å². The largest absolute Gasteiger partial charge is 0.288 e. The fraction of sp³-hybridized carbons (Fsp3) is 0.0909. The van der Waals surface area contributed by atoms with E-state index in [-0.39, 0.29) is 11.4 Å². The first kappa shape index (κ1) is 18.0. The number of carbonyl (C=O) groups excluding carboxylic acids is 1. The number of benzene rings is 2. The average molecular weight is 354 g/mol. The first-order valence-electron chi connectivity index (χ1n) is 8.49. The van der Waals surface area contributed by atoms with Gasteiger partial charge < -0.3 is 0 Å². The lowest BCUT2D eigenvalue weighted by Gasteiger charge is -1.99. The molecule has 0 radical (unpaired) electrons. The van der Waals surface area contributed by atoms with Crippen molar-refractivity contribution in [1.82, 2.24) is 15.0 Å². The standard InChI is InChI=1S/C22H18N4O/c1-17-7-5-10-19(13-17)22(27)20(14-23)11-6-12-21-16-26(25-24-21)15-18-8-3-2-4-9-18/h2-13,16H,15H2,1H3/b12-6+,20-11+. The van der Waals surface area contributed by atoms with Crippen LogP contribution in [-0.4, -0.2) is 20.8 Å². The minimum atomic E-state index is -0.293. The zero-order chi connectivity index (χ0) is 19.1. The van der Waals surface area contributed by atoms with Crippen LogP contribution >= 0.6 is 0 Å². The topological polar surface area (TPSA) is 71.6 Å². The molecule has 5 nitrogen and oxygen atoms in total. The Labute approximate surface area is 157 Å². The summed E-state index contributed by atoms with van der Waals surface area (Å²) in [6.07, 6.45) is 6.67. The molecule has 1 aromatic heterocycles. The van der Waals surface area contributed by atoms with Gasteiger partial charge in [0.1, 0.15) is 11.8 Å². The Morgan fingerprint density at radius 3 is 2.74 bits per heavy atom. The van der Waals surface area contributed by atoms with E-state index in [1.54, 1.807) is 35.0 Å². The Morgan fingerprint density at radius 2 is 2.00 bits per heavy atom. The molecule has 0 aliphatic heterocycles. The number of aromatic nitrogens is 3. The number of Topliss-reactive ketones (excluding diaryl/α,β-unsaturated/α-hetero) is 1. The van der Waals surface area contributed by atoms with Gasteiger partial charge in [-0.25, -0.2) is 4.68 Å². The summed E-state index contributed by atoms with van der Waals surface area (Å²) in [6.45, 7) is 2.54. The van der Waals surface area contributed by atoms with Crippen molar-refractivity contribution in [2.45, 2.75) is 13.5 Å². The molecule has 0 aliphatic rings. The van der Waals surface area contributed by atoms with Gasteiger partial charge in [-0.3, -0.25) is 4.79 Å². The first-order chi connectivity index (χ1) is 13.2. The zero-order valence-electron chi connectivity index (χ0n) is 14.9. The van der Waals surface area contributed by atoms with Gasteiger partial charge in [0.25, 0.3) is 0 Å². The van der Waals surface area contributed by atoms with E-state index in [2.05, 4.69) is 10.3 Å². The number of hydrogen-bond donors (Lipinski definition) is 0. The van der Waals surface area contributed by atoms with Gasteiger partial charge in [0.15, 0.2) is 0 Å². The Kier molecular flexibility index (Phi) is 5.70. The summed E-state index contributed by atoms with van der Waals surface area (Å²) in [5, 5.41) is 17.5. The van der Waals surface area contributed by atoms with Crippen molar-refractivity contribution in [3.05, 3.63) is 101 Å². The third-order valence-corrected chi connectivity index (χ3v) is 3.92. The van der Waals surface area contributed by atoms with Crippen molar-refractivity contribution in [2.24, 2.45) is 0 Å². The van der Waals surface area contributed by atoms with E-state index in [9.17, 15) is 10.1 Å². The SMILES string of the molecule is Cc1cccc(C(=O)/C(C#N)=C/C=C/c2cn(Cc3ccccc3)nn2)c1. The van der Waals surface area contributed by atoms with Gasteiger partial charge in [0.05, 0.1) is 18.3 Å². The van der Waals surface area contributed by atoms with E-state index in [0.29, 0.717) is 17.8 Å². The van der Waals surface area contributed by atoms with Crippen LogP contribution < -0.4 is 0 Å². The lowest BCUT2D eigenvalue weighted by atomic mass is 10.0. The minimum absolute atomic E-state index is 0.0773.